The van der Waals surface area contributed by atoms with Gasteiger partial charge >= 0.3 is 5.97 Å². The van der Waals surface area contributed by atoms with Crippen LogP contribution in [0.15, 0.2) is 53.4 Å². The zero-order valence-electron chi connectivity index (χ0n) is 16.9. The molecule has 9 nitrogen and oxygen atoms in total. The molecule has 0 bridgehead atoms. The molecule has 0 aliphatic carbocycles. The van der Waals surface area contributed by atoms with Crippen molar-refractivity contribution >= 4 is 33.5 Å². The number of carbonyl (C=O) groups excluding carboxylic acids is 3. The zero-order valence-corrected chi connectivity index (χ0v) is 17.7. The maximum absolute atomic E-state index is 12.7. The second kappa shape index (κ2) is 9.38. The summed E-state index contributed by atoms with van der Waals surface area (Å²) >= 11 is 0. The Morgan fingerprint density at radius 3 is 2.35 bits per heavy atom. The molecule has 1 saturated heterocycles. The number of amides is 2. The first-order chi connectivity index (χ1) is 14.7. The van der Waals surface area contributed by atoms with Crippen LogP contribution in [0, 0.1) is 0 Å². The highest BCUT2D eigenvalue weighted by Crippen LogP contribution is 2.23. The Kier molecular flexibility index (Phi) is 6.84. The zero-order chi connectivity index (χ0) is 22.6. The van der Waals surface area contributed by atoms with Crippen LogP contribution in [0.2, 0.25) is 0 Å². The third-order valence-electron chi connectivity index (χ3n) is 4.84. The lowest BCUT2D eigenvalue weighted by Gasteiger charge is -2.16. The molecule has 3 rings (SSSR count). The largest absolute Gasteiger partial charge is 0.462 e. The third-order valence-corrected chi connectivity index (χ3v) is 5.77. The molecule has 0 radical (unpaired) electrons. The molecule has 2 aromatic rings. The predicted octanol–water partition coefficient (Wildman–Crippen LogP) is 0.975. The van der Waals surface area contributed by atoms with Crippen LogP contribution in [-0.4, -0.2) is 45.4 Å². The van der Waals surface area contributed by atoms with E-state index in [9.17, 15) is 22.8 Å². The molecule has 1 fully saturated rings. The first-order valence-electron chi connectivity index (χ1n) is 9.70. The van der Waals surface area contributed by atoms with Crippen LogP contribution in [-0.2, 0) is 30.8 Å². The van der Waals surface area contributed by atoms with Gasteiger partial charge in [0.25, 0.3) is 5.91 Å². The van der Waals surface area contributed by atoms with Gasteiger partial charge in [0.15, 0.2) is 0 Å². The van der Waals surface area contributed by atoms with Crippen molar-refractivity contribution in [2.75, 3.05) is 18.1 Å². The molecule has 1 atom stereocenters. The van der Waals surface area contributed by atoms with Gasteiger partial charge in [-0.3, -0.25) is 9.59 Å². The summed E-state index contributed by atoms with van der Waals surface area (Å²) in [6.07, 6.45) is 0.569. The number of imide groups is 1. The Hall–Kier alpha value is -3.08. The quantitative estimate of drug-likeness (QED) is 0.456. The number of nitrogens with zero attached hydrogens (tertiary/aromatic N) is 1. The maximum Gasteiger partial charge on any atom is 0.338 e. The minimum Gasteiger partial charge on any atom is -0.462 e. The summed E-state index contributed by atoms with van der Waals surface area (Å²) in [7, 11) is -3.74. The fraction of sp³-hybridized carbons (Fsp3) is 0.286. The van der Waals surface area contributed by atoms with Gasteiger partial charge in [-0.25, -0.2) is 23.3 Å². The van der Waals surface area contributed by atoms with E-state index in [-0.39, 0.29) is 29.7 Å². The number of sulfonamides is 1. The summed E-state index contributed by atoms with van der Waals surface area (Å²) in [5.41, 5.74) is 1.60. The number of esters is 1. The van der Waals surface area contributed by atoms with Crippen molar-refractivity contribution in [3.05, 3.63) is 59.7 Å². The molecule has 10 heteroatoms. The molecule has 1 aliphatic heterocycles. The summed E-state index contributed by atoms with van der Waals surface area (Å²) in [6, 6.07) is 11.6. The molecule has 1 aliphatic rings. The number of rotatable bonds is 8. The van der Waals surface area contributed by atoms with Crippen LogP contribution < -0.4 is 15.4 Å². The van der Waals surface area contributed by atoms with E-state index in [1.54, 1.807) is 19.1 Å². The summed E-state index contributed by atoms with van der Waals surface area (Å²) in [4.78, 5) is 38.0. The molecule has 1 unspecified atom stereocenters. The van der Waals surface area contributed by atoms with Gasteiger partial charge in [0.05, 0.1) is 35.2 Å². The lowest BCUT2D eigenvalue weighted by molar-refractivity contribution is -0.121. The average molecular weight is 445 g/mol. The molecule has 0 spiro atoms. The second-order valence-electron chi connectivity index (χ2n) is 6.98. The Morgan fingerprint density at radius 1 is 1.13 bits per heavy atom. The summed E-state index contributed by atoms with van der Waals surface area (Å²) in [5.74, 6) is -1.16. The fourth-order valence-electron chi connectivity index (χ4n) is 3.26. The van der Waals surface area contributed by atoms with E-state index in [0.717, 1.165) is 10.5 Å². The van der Waals surface area contributed by atoms with Crippen molar-refractivity contribution < 1.29 is 27.5 Å². The number of nitrogens with two attached hydrogens (primary N) is 1. The Bertz CT molecular complexity index is 1080. The van der Waals surface area contributed by atoms with Gasteiger partial charge in [0.1, 0.15) is 0 Å². The van der Waals surface area contributed by atoms with Crippen molar-refractivity contribution in [2.45, 2.75) is 30.7 Å². The topological polar surface area (TPSA) is 136 Å². The van der Waals surface area contributed by atoms with E-state index >= 15 is 0 Å². The summed E-state index contributed by atoms with van der Waals surface area (Å²) in [5, 5.41) is 8.15. The first kappa shape index (κ1) is 22.6. The van der Waals surface area contributed by atoms with Gasteiger partial charge in [0.2, 0.25) is 15.9 Å². The lowest BCUT2D eigenvalue weighted by atomic mass is 10.1. The highest BCUT2D eigenvalue weighted by molar-refractivity contribution is 7.89. The molecule has 0 saturated carbocycles. The van der Waals surface area contributed by atoms with Crippen molar-refractivity contribution in [1.29, 1.82) is 0 Å². The fourth-order valence-corrected chi connectivity index (χ4v) is 3.78. The van der Waals surface area contributed by atoms with Crippen molar-refractivity contribution in [1.82, 2.24) is 5.32 Å². The minimum absolute atomic E-state index is 0.0306. The van der Waals surface area contributed by atoms with Gasteiger partial charge < -0.3 is 10.1 Å². The minimum atomic E-state index is -3.74. The molecular formula is C21H23N3O6S. The highest BCUT2D eigenvalue weighted by Gasteiger charge is 2.39. The van der Waals surface area contributed by atoms with Gasteiger partial charge in [-0.2, -0.15) is 0 Å². The van der Waals surface area contributed by atoms with Crippen LogP contribution in [0.3, 0.4) is 0 Å². The Labute approximate surface area is 180 Å². The smallest absolute Gasteiger partial charge is 0.338 e. The van der Waals surface area contributed by atoms with Gasteiger partial charge in [-0.15, -0.1) is 0 Å². The summed E-state index contributed by atoms with van der Waals surface area (Å²) < 4.78 is 27.5. The Balaban J connectivity index is 1.58. The number of nitrogens with one attached hydrogen (secondary N) is 1. The van der Waals surface area contributed by atoms with Crippen LogP contribution >= 0.6 is 0 Å². The highest BCUT2D eigenvalue weighted by atomic mass is 32.2. The molecular weight excluding hydrogens is 422 g/mol. The number of anilines is 1. The van der Waals surface area contributed by atoms with Crippen LogP contribution in [0.1, 0.15) is 29.3 Å². The van der Waals surface area contributed by atoms with Gasteiger partial charge in [0, 0.05) is 0 Å². The normalized spacial score (nSPS) is 16.6. The summed E-state index contributed by atoms with van der Waals surface area (Å²) in [6.45, 7) is 2.39. The lowest BCUT2D eigenvalue weighted by Crippen LogP contribution is -2.39. The van der Waals surface area contributed by atoms with Crippen molar-refractivity contribution in [3.8, 4) is 0 Å². The number of hydrogen-bond donors (Lipinski definition) is 2. The van der Waals surface area contributed by atoms with E-state index in [1.807, 2.05) is 0 Å². The van der Waals surface area contributed by atoms with Gasteiger partial charge in [-0.1, -0.05) is 12.1 Å². The van der Waals surface area contributed by atoms with E-state index in [2.05, 4.69) is 5.32 Å². The van der Waals surface area contributed by atoms with Crippen LogP contribution in [0.4, 0.5) is 5.69 Å². The van der Waals surface area contributed by atoms with Crippen molar-refractivity contribution in [3.63, 3.8) is 0 Å². The standard InChI is InChI=1S/C21H23N3O6S/c1-2-30-21(27)15-5-7-16(8-6-15)24-19(25)13-18(20(24)26)23-12-11-14-3-9-17(10-4-14)31(22,28)29/h3-10,18,23H,2,11-13H2,1H3,(H2,22,28,29). The van der Waals surface area contributed by atoms with E-state index in [1.165, 1.54) is 36.4 Å². The number of primary sulfonamides is 1. The second-order valence-corrected chi connectivity index (χ2v) is 8.55. The Morgan fingerprint density at radius 2 is 1.77 bits per heavy atom. The first-order valence-corrected chi connectivity index (χ1v) is 11.2. The maximum atomic E-state index is 12.7. The molecule has 3 N–H and O–H groups in total. The van der Waals surface area contributed by atoms with Crippen LogP contribution in [0.25, 0.3) is 0 Å². The molecule has 0 aromatic heterocycles. The van der Waals surface area contributed by atoms with E-state index in [4.69, 9.17) is 9.88 Å². The molecule has 1 heterocycles. The molecule has 2 amide bonds. The number of hydrogen-bond acceptors (Lipinski definition) is 7. The number of benzene rings is 2. The number of carbonyl (C=O) groups is 3. The molecule has 31 heavy (non-hydrogen) atoms. The van der Waals surface area contributed by atoms with Crippen LogP contribution in [0.5, 0.6) is 0 Å². The molecule has 164 valence electrons. The van der Waals surface area contributed by atoms with Crippen molar-refractivity contribution in [2.24, 2.45) is 5.14 Å². The third kappa shape index (κ3) is 5.35. The predicted molar refractivity (Wildman–Crippen MR) is 113 cm³/mol. The monoisotopic (exact) mass is 445 g/mol. The number of ether oxygens (including phenoxy) is 1. The molecule has 2 aromatic carbocycles. The average Bonchev–Trinajstić information content (AvgIpc) is 3.01. The van der Waals surface area contributed by atoms with E-state index < -0.39 is 22.0 Å². The van der Waals surface area contributed by atoms with Gasteiger partial charge in [-0.05, 0) is 61.9 Å². The SMILES string of the molecule is CCOC(=O)c1ccc(N2C(=O)CC(NCCc3ccc(S(N)(=O)=O)cc3)C2=O)cc1. The van der Waals surface area contributed by atoms with E-state index in [0.29, 0.717) is 24.2 Å².